The Hall–Kier alpha value is 1.36. The molecule has 0 amide bonds. The van der Waals surface area contributed by atoms with Gasteiger partial charge in [0, 0.05) is 13.1 Å². The van der Waals surface area contributed by atoms with Gasteiger partial charge >= 0.3 is 0 Å². The van der Waals surface area contributed by atoms with E-state index in [1.165, 1.54) is 24.6 Å². The first kappa shape index (κ1) is 10.4. The lowest BCUT2D eigenvalue weighted by Crippen LogP contribution is -2.31. The number of hydrogen-bond donors (Lipinski definition) is 1. The van der Waals surface area contributed by atoms with Gasteiger partial charge in [0.2, 0.25) is 0 Å². The smallest absolute Gasteiger partial charge is 0.0181 e. The highest BCUT2D eigenvalue weighted by molar-refractivity contribution is 8.93. The largest absolute Gasteiger partial charge is 0.240 e. The number of rotatable bonds is 2. The van der Waals surface area contributed by atoms with E-state index >= 15 is 0 Å². The van der Waals surface area contributed by atoms with E-state index in [2.05, 4.69) is 39.3 Å². The Balaban J connectivity index is 2.35. The molecule has 0 aromatic carbocycles. The minimum absolute atomic E-state index is 0.293. The second-order valence-electron chi connectivity index (χ2n) is 2.77. The van der Waals surface area contributed by atoms with Gasteiger partial charge in [-0.2, -0.15) is 9.06 Å². The van der Waals surface area contributed by atoms with Gasteiger partial charge in [-0.25, -0.2) is 4.31 Å². The Kier molecular flexibility index (Phi) is 4.32. The van der Waals surface area contributed by atoms with Crippen molar-refractivity contribution in [1.82, 2.24) is 4.31 Å². The van der Waals surface area contributed by atoms with Crippen LogP contribution in [0.3, 0.4) is 0 Å². The van der Waals surface area contributed by atoms with Gasteiger partial charge in [-0.1, -0.05) is 11.7 Å². The molecule has 1 heterocycles. The third kappa shape index (κ3) is 2.95. The maximum Gasteiger partial charge on any atom is 0.0181 e. The SMILES string of the molecule is CSS1(C)CCN(SS)CC1. The molecule has 0 atom stereocenters. The molecule has 0 saturated carbocycles. The highest BCUT2D eigenvalue weighted by Gasteiger charge is 2.24. The molecule has 1 fully saturated rings. The normalized spacial score (nSPS) is 28.3. The summed E-state index contributed by atoms with van der Waals surface area (Å²) in [7, 11) is 3.38. The monoisotopic (exact) mass is 229 g/mol. The van der Waals surface area contributed by atoms with Gasteiger partial charge in [0.1, 0.15) is 0 Å². The van der Waals surface area contributed by atoms with Crippen LogP contribution in [-0.4, -0.2) is 41.4 Å². The Labute approximate surface area is 83.7 Å². The first-order chi connectivity index (χ1) is 5.20. The topological polar surface area (TPSA) is 3.24 Å². The molecule has 0 unspecified atom stereocenters. The number of thiol groups is 1. The summed E-state index contributed by atoms with van der Waals surface area (Å²) in [5, 5.41) is 0. The number of nitrogens with zero attached hydrogens (tertiary/aromatic N) is 1. The van der Waals surface area contributed by atoms with E-state index in [0.717, 1.165) is 0 Å². The van der Waals surface area contributed by atoms with Gasteiger partial charge < -0.3 is 0 Å². The van der Waals surface area contributed by atoms with Crippen LogP contribution < -0.4 is 0 Å². The summed E-state index contributed by atoms with van der Waals surface area (Å²) >= 11 is 4.19. The summed E-state index contributed by atoms with van der Waals surface area (Å²) in [6.07, 6.45) is 4.69. The zero-order chi connectivity index (χ0) is 8.32. The van der Waals surface area contributed by atoms with E-state index < -0.39 is 0 Å². The molecule has 0 spiro atoms. The van der Waals surface area contributed by atoms with E-state index in [1.807, 2.05) is 0 Å². The lowest BCUT2D eigenvalue weighted by molar-refractivity contribution is 0.525. The molecule has 5 heteroatoms. The van der Waals surface area contributed by atoms with Crippen LogP contribution in [0.1, 0.15) is 0 Å². The third-order valence-corrected chi connectivity index (χ3v) is 9.66. The second kappa shape index (κ2) is 4.56. The molecule has 1 aliphatic heterocycles. The summed E-state index contributed by atoms with van der Waals surface area (Å²) in [6, 6.07) is 0. The lowest BCUT2D eigenvalue weighted by Gasteiger charge is -2.41. The maximum atomic E-state index is 4.19. The van der Waals surface area contributed by atoms with Crippen molar-refractivity contribution in [3.05, 3.63) is 0 Å². The molecule has 0 aliphatic carbocycles. The van der Waals surface area contributed by atoms with Gasteiger partial charge in [-0.3, -0.25) is 0 Å². The fourth-order valence-corrected chi connectivity index (χ4v) is 5.32. The summed E-state index contributed by atoms with van der Waals surface area (Å²) in [4.78, 5) is 0. The van der Waals surface area contributed by atoms with E-state index in [9.17, 15) is 0 Å². The molecule has 68 valence electrons. The van der Waals surface area contributed by atoms with Gasteiger partial charge in [-0.05, 0) is 35.0 Å². The molecule has 1 aliphatic rings. The van der Waals surface area contributed by atoms with Gasteiger partial charge in [0.15, 0.2) is 0 Å². The van der Waals surface area contributed by atoms with Crippen LogP contribution >= 0.6 is 42.5 Å². The first-order valence-electron chi connectivity index (χ1n) is 3.56. The zero-order valence-electron chi connectivity index (χ0n) is 6.95. The maximum absolute atomic E-state index is 4.19. The summed E-state index contributed by atoms with van der Waals surface area (Å²) in [5.74, 6) is 2.75. The lowest BCUT2D eigenvalue weighted by atomic mass is 10.6. The number of hydrogen-bond acceptors (Lipinski definition) is 4. The third-order valence-electron chi connectivity index (χ3n) is 2.06. The van der Waals surface area contributed by atoms with Crippen LogP contribution in [0.25, 0.3) is 0 Å². The van der Waals surface area contributed by atoms with Crippen LogP contribution in [-0.2, 0) is 0 Å². The van der Waals surface area contributed by atoms with Crippen molar-refractivity contribution < 1.29 is 0 Å². The van der Waals surface area contributed by atoms with Crippen molar-refractivity contribution in [1.29, 1.82) is 0 Å². The highest BCUT2D eigenvalue weighted by Crippen LogP contribution is 2.56. The van der Waals surface area contributed by atoms with Crippen molar-refractivity contribution in [3.8, 4) is 0 Å². The van der Waals surface area contributed by atoms with Crippen molar-refractivity contribution in [3.63, 3.8) is 0 Å². The minimum atomic E-state index is -0.293. The first-order valence-corrected chi connectivity index (χ1v) is 9.50. The fourth-order valence-electron chi connectivity index (χ4n) is 1.05. The molecule has 0 aromatic heterocycles. The van der Waals surface area contributed by atoms with Crippen LogP contribution in [0.2, 0.25) is 0 Å². The second-order valence-corrected chi connectivity index (χ2v) is 10.9. The van der Waals surface area contributed by atoms with Crippen LogP contribution in [0.15, 0.2) is 0 Å². The molecule has 0 radical (unpaired) electrons. The predicted octanol–water partition coefficient (Wildman–Crippen LogP) is 2.51. The van der Waals surface area contributed by atoms with Crippen LogP contribution in [0, 0.1) is 0 Å². The van der Waals surface area contributed by atoms with Crippen molar-refractivity contribution in [2.75, 3.05) is 37.1 Å². The van der Waals surface area contributed by atoms with Gasteiger partial charge in [0.05, 0.1) is 0 Å². The van der Waals surface area contributed by atoms with Gasteiger partial charge in [-0.15, -0.1) is 10.8 Å². The quantitative estimate of drug-likeness (QED) is 0.441. The summed E-state index contributed by atoms with van der Waals surface area (Å²) < 4.78 is 2.34. The average molecular weight is 229 g/mol. The Bertz CT molecular complexity index is 122. The summed E-state index contributed by atoms with van der Waals surface area (Å²) in [5.41, 5.74) is 0. The summed E-state index contributed by atoms with van der Waals surface area (Å²) in [6.45, 7) is 2.45. The van der Waals surface area contributed by atoms with Crippen LogP contribution in [0.5, 0.6) is 0 Å². The van der Waals surface area contributed by atoms with Crippen molar-refractivity contribution in [2.24, 2.45) is 0 Å². The van der Waals surface area contributed by atoms with E-state index in [0.29, 0.717) is 0 Å². The van der Waals surface area contributed by atoms with E-state index in [1.54, 1.807) is 11.0 Å². The molecule has 1 nitrogen and oxygen atoms in total. The molecule has 0 aromatic rings. The highest BCUT2D eigenvalue weighted by atomic mass is 33.2. The van der Waals surface area contributed by atoms with E-state index in [-0.39, 0.29) is 9.06 Å². The molecule has 0 N–H and O–H groups in total. The average Bonchev–Trinajstić information content (AvgIpc) is 2.06. The zero-order valence-corrected chi connectivity index (χ0v) is 10.3. The standard InChI is InChI=1S/C6H15NS4/c1-9-11(2)5-3-7(10-8)4-6-11/h8H,3-6H2,1-2H3. The molecular weight excluding hydrogens is 214 g/mol. The van der Waals surface area contributed by atoms with Crippen molar-refractivity contribution >= 4 is 42.5 Å². The Morgan fingerprint density at radius 2 is 1.91 bits per heavy atom. The molecule has 0 bridgehead atoms. The predicted molar refractivity (Wildman–Crippen MR) is 64.9 cm³/mol. The Morgan fingerprint density at radius 3 is 2.27 bits per heavy atom. The van der Waals surface area contributed by atoms with Crippen LogP contribution in [0.4, 0.5) is 0 Å². The molecule has 1 rings (SSSR count). The van der Waals surface area contributed by atoms with Crippen molar-refractivity contribution in [2.45, 2.75) is 0 Å². The van der Waals surface area contributed by atoms with Gasteiger partial charge in [0.25, 0.3) is 0 Å². The Morgan fingerprint density at radius 1 is 1.36 bits per heavy atom. The minimum Gasteiger partial charge on any atom is -0.240 e. The molecule has 1 saturated heterocycles. The van der Waals surface area contributed by atoms with E-state index in [4.69, 9.17) is 0 Å². The molecule has 11 heavy (non-hydrogen) atoms. The fraction of sp³-hybridized carbons (Fsp3) is 1.00. The molecular formula is C6H15NS4.